The Kier molecular flexibility index (Phi) is 5.23. The van der Waals surface area contributed by atoms with E-state index in [1.807, 2.05) is 13.8 Å². The number of benzene rings is 1. The minimum atomic E-state index is -1.07. The Hall–Kier alpha value is -2.54. The zero-order valence-corrected chi connectivity index (χ0v) is 13.8. The van der Waals surface area contributed by atoms with E-state index >= 15 is 0 Å². The second-order valence-electron chi connectivity index (χ2n) is 4.99. The number of amides is 1. The molecule has 2 aromatic rings. The molecule has 1 heterocycles. The lowest BCUT2D eigenvalue weighted by molar-refractivity contribution is 0.0696. The van der Waals surface area contributed by atoms with Crippen molar-refractivity contribution in [2.75, 3.05) is 12.4 Å². The van der Waals surface area contributed by atoms with Crippen LogP contribution in [0.5, 0.6) is 11.5 Å². The minimum Gasteiger partial charge on any atom is -0.496 e. The van der Waals surface area contributed by atoms with Crippen LogP contribution in [-0.2, 0) is 0 Å². The van der Waals surface area contributed by atoms with Crippen LogP contribution in [0.1, 0.15) is 33.9 Å². The lowest BCUT2D eigenvalue weighted by Gasteiger charge is -2.15. The molecule has 1 aromatic carbocycles. The summed E-state index contributed by atoms with van der Waals surface area (Å²) in [5.74, 6) is -0.413. The number of hydrogen-bond acceptors (Lipinski definition) is 5. The quantitative estimate of drug-likeness (QED) is 0.844. The lowest BCUT2D eigenvalue weighted by atomic mass is 10.2. The molecule has 0 spiro atoms. The normalized spacial score (nSPS) is 10.4. The number of rotatable bonds is 6. The van der Waals surface area contributed by atoms with E-state index in [9.17, 15) is 9.59 Å². The fraction of sp³-hybridized carbons (Fsp3) is 0.250. The number of carboxylic acids is 1. The van der Waals surface area contributed by atoms with Crippen molar-refractivity contribution in [2.24, 2.45) is 0 Å². The first kappa shape index (κ1) is 16.8. The average molecular weight is 335 g/mol. The standard InChI is InChI=1S/C16H17NO5S/c1-9(2)22-13-5-4-10(16(19)20)6-12(13)17-15(18)14-7-11(21-3)8-23-14/h4-9H,1-3H3,(H,17,18)(H,19,20). The van der Waals surface area contributed by atoms with Gasteiger partial charge in [-0.15, -0.1) is 11.3 Å². The molecule has 122 valence electrons. The van der Waals surface area contributed by atoms with Gasteiger partial charge >= 0.3 is 5.97 Å². The third-order valence-electron chi connectivity index (χ3n) is 2.87. The Bertz CT molecular complexity index is 723. The fourth-order valence-electron chi connectivity index (χ4n) is 1.85. The van der Waals surface area contributed by atoms with Gasteiger partial charge in [0.05, 0.1) is 29.3 Å². The van der Waals surface area contributed by atoms with Gasteiger partial charge in [0.15, 0.2) is 0 Å². The van der Waals surface area contributed by atoms with Crippen LogP contribution in [0.4, 0.5) is 5.69 Å². The molecule has 0 saturated carbocycles. The molecule has 0 atom stereocenters. The largest absolute Gasteiger partial charge is 0.496 e. The van der Waals surface area contributed by atoms with Crippen LogP contribution < -0.4 is 14.8 Å². The maximum atomic E-state index is 12.3. The van der Waals surface area contributed by atoms with Crippen molar-refractivity contribution in [1.82, 2.24) is 0 Å². The van der Waals surface area contributed by atoms with Gasteiger partial charge in [0, 0.05) is 11.4 Å². The molecule has 0 bridgehead atoms. The molecule has 0 saturated heterocycles. The van der Waals surface area contributed by atoms with Crippen LogP contribution in [0, 0.1) is 0 Å². The summed E-state index contributed by atoms with van der Waals surface area (Å²) >= 11 is 1.24. The Morgan fingerprint density at radius 1 is 1.26 bits per heavy atom. The number of nitrogens with one attached hydrogen (secondary N) is 1. The first-order chi connectivity index (χ1) is 10.9. The van der Waals surface area contributed by atoms with Gasteiger partial charge in [0.1, 0.15) is 11.5 Å². The lowest BCUT2D eigenvalue weighted by Crippen LogP contribution is -2.14. The highest BCUT2D eigenvalue weighted by Gasteiger charge is 2.15. The van der Waals surface area contributed by atoms with Gasteiger partial charge in [-0.3, -0.25) is 4.79 Å². The Labute approximate surface area is 137 Å². The third kappa shape index (κ3) is 4.23. The summed E-state index contributed by atoms with van der Waals surface area (Å²) in [5, 5.41) is 13.5. The average Bonchev–Trinajstić information content (AvgIpc) is 2.97. The zero-order valence-electron chi connectivity index (χ0n) is 13.0. The van der Waals surface area contributed by atoms with Crippen molar-refractivity contribution >= 4 is 28.9 Å². The Morgan fingerprint density at radius 2 is 2.00 bits per heavy atom. The Balaban J connectivity index is 2.29. The molecule has 0 fully saturated rings. The van der Waals surface area contributed by atoms with Crippen LogP contribution in [0.25, 0.3) is 0 Å². The summed E-state index contributed by atoms with van der Waals surface area (Å²) in [7, 11) is 1.52. The van der Waals surface area contributed by atoms with E-state index in [4.69, 9.17) is 14.6 Å². The smallest absolute Gasteiger partial charge is 0.335 e. The van der Waals surface area contributed by atoms with Crippen LogP contribution in [0.2, 0.25) is 0 Å². The molecule has 1 amide bonds. The van der Waals surface area contributed by atoms with E-state index < -0.39 is 5.97 Å². The summed E-state index contributed by atoms with van der Waals surface area (Å²) in [4.78, 5) is 23.9. The van der Waals surface area contributed by atoms with E-state index in [2.05, 4.69) is 5.32 Å². The van der Waals surface area contributed by atoms with Crippen molar-refractivity contribution < 1.29 is 24.2 Å². The van der Waals surface area contributed by atoms with E-state index in [-0.39, 0.29) is 17.6 Å². The van der Waals surface area contributed by atoms with Gasteiger partial charge in [-0.2, -0.15) is 0 Å². The molecule has 2 N–H and O–H groups in total. The van der Waals surface area contributed by atoms with Gasteiger partial charge < -0.3 is 19.9 Å². The molecule has 7 heteroatoms. The number of carbonyl (C=O) groups is 2. The number of ether oxygens (including phenoxy) is 2. The highest BCUT2D eigenvalue weighted by molar-refractivity contribution is 7.12. The topological polar surface area (TPSA) is 84.9 Å². The summed E-state index contributed by atoms with van der Waals surface area (Å²) in [5.41, 5.74) is 0.385. The summed E-state index contributed by atoms with van der Waals surface area (Å²) in [6, 6.07) is 5.96. The van der Waals surface area contributed by atoms with Crippen molar-refractivity contribution in [3.05, 3.63) is 40.1 Å². The number of carbonyl (C=O) groups excluding carboxylic acids is 1. The zero-order chi connectivity index (χ0) is 17.0. The SMILES string of the molecule is COc1csc(C(=O)Nc2cc(C(=O)O)ccc2OC(C)C)c1. The second-order valence-corrected chi connectivity index (χ2v) is 5.90. The van der Waals surface area contributed by atoms with Crippen molar-refractivity contribution in [2.45, 2.75) is 20.0 Å². The number of hydrogen-bond donors (Lipinski definition) is 2. The number of aromatic carboxylic acids is 1. The van der Waals surface area contributed by atoms with E-state index in [1.165, 1.54) is 36.6 Å². The monoisotopic (exact) mass is 335 g/mol. The first-order valence-corrected chi connectivity index (χ1v) is 7.76. The van der Waals surface area contributed by atoms with Crippen LogP contribution in [0.15, 0.2) is 29.6 Å². The van der Waals surface area contributed by atoms with Gasteiger partial charge in [0.25, 0.3) is 5.91 Å². The van der Waals surface area contributed by atoms with E-state index in [0.717, 1.165) is 0 Å². The van der Waals surface area contributed by atoms with Gasteiger partial charge in [-0.1, -0.05) is 0 Å². The predicted molar refractivity (Wildman–Crippen MR) is 88.0 cm³/mol. The highest BCUT2D eigenvalue weighted by Crippen LogP contribution is 2.29. The molecular formula is C16H17NO5S. The minimum absolute atomic E-state index is 0.0696. The number of methoxy groups -OCH3 is 1. The second kappa shape index (κ2) is 7.15. The van der Waals surface area contributed by atoms with Crippen molar-refractivity contribution in [1.29, 1.82) is 0 Å². The summed E-state index contributed by atoms with van der Waals surface area (Å²) in [6.45, 7) is 3.70. The van der Waals surface area contributed by atoms with Gasteiger partial charge in [-0.25, -0.2) is 4.79 Å². The van der Waals surface area contributed by atoms with Gasteiger partial charge in [-0.05, 0) is 32.0 Å². The van der Waals surface area contributed by atoms with Crippen molar-refractivity contribution in [3.63, 3.8) is 0 Å². The summed E-state index contributed by atoms with van der Waals surface area (Å²) < 4.78 is 10.7. The molecule has 23 heavy (non-hydrogen) atoms. The predicted octanol–water partition coefficient (Wildman–Crippen LogP) is 3.49. The molecule has 1 aromatic heterocycles. The van der Waals surface area contributed by atoms with Gasteiger partial charge in [0.2, 0.25) is 0 Å². The number of anilines is 1. The first-order valence-electron chi connectivity index (χ1n) is 6.88. The molecule has 2 rings (SSSR count). The Morgan fingerprint density at radius 3 is 2.57 bits per heavy atom. The van der Waals surface area contributed by atoms with Crippen LogP contribution >= 0.6 is 11.3 Å². The molecule has 0 unspecified atom stereocenters. The molecule has 0 aliphatic carbocycles. The number of carboxylic acid groups (broad SMARTS) is 1. The molecule has 0 aliphatic rings. The summed E-state index contributed by atoms with van der Waals surface area (Å²) in [6.07, 6.45) is -0.108. The molecular weight excluding hydrogens is 318 g/mol. The van der Waals surface area contributed by atoms with Crippen LogP contribution in [-0.4, -0.2) is 30.2 Å². The molecule has 6 nitrogen and oxygen atoms in total. The van der Waals surface area contributed by atoms with Crippen LogP contribution in [0.3, 0.4) is 0 Å². The molecule has 0 radical (unpaired) electrons. The van der Waals surface area contributed by atoms with E-state index in [0.29, 0.717) is 22.1 Å². The third-order valence-corrected chi connectivity index (χ3v) is 3.78. The van der Waals surface area contributed by atoms with E-state index in [1.54, 1.807) is 11.4 Å². The molecule has 0 aliphatic heterocycles. The highest BCUT2D eigenvalue weighted by atomic mass is 32.1. The van der Waals surface area contributed by atoms with Crippen molar-refractivity contribution in [3.8, 4) is 11.5 Å². The fourth-order valence-corrected chi connectivity index (χ4v) is 2.60. The number of thiophene rings is 1. The maximum absolute atomic E-state index is 12.3. The maximum Gasteiger partial charge on any atom is 0.335 e.